The zero-order valence-electron chi connectivity index (χ0n) is 13.6. The van der Waals surface area contributed by atoms with Gasteiger partial charge >= 0.3 is 0 Å². The van der Waals surface area contributed by atoms with Gasteiger partial charge in [-0.25, -0.2) is 4.98 Å². The number of fused-ring (bicyclic) bond motifs is 2. The molecule has 0 aliphatic rings. The maximum Gasteiger partial charge on any atom is 0.150 e. The van der Waals surface area contributed by atoms with Crippen LogP contribution < -0.4 is 4.90 Å². The number of rotatable bonds is 3. The molecule has 1 aromatic heterocycles. The number of H-pyrrole nitrogens is 1. The van der Waals surface area contributed by atoms with E-state index in [0.29, 0.717) is 0 Å². The minimum atomic E-state index is 0.736. The van der Waals surface area contributed by atoms with Gasteiger partial charge in [0.05, 0.1) is 15.9 Å². The lowest BCUT2D eigenvalue weighted by molar-refractivity contribution is 1.13. The summed E-state index contributed by atoms with van der Waals surface area (Å²) in [6, 6.07) is 20.7. The topological polar surface area (TPSA) is 31.9 Å². The molecule has 4 aromatic rings. The second-order valence-electron chi connectivity index (χ2n) is 6.04. The molecule has 118 valence electrons. The van der Waals surface area contributed by atoms with Crippen molar-refractivity contribution in [2.75, 3.05) is 19.0 Å². The van der Waals surface area contributed by atoms with Crippen molar-refractivity contribution < 1.29 is 0 Å². The molecule has 0 aliphatic heterocycles. The van der Waals surface area contributed by atoms with Crippen LogP contribution in [0.1, 0.15) is 11.4 Å². The van der Waals surface area contributed by atoms with Crippen molar-refractivity contribution in [3.63, 3.8) is 0 Å². The van der Waals surface area contributed by atoms with Crippen LogP contribution in [0, 0.1) is 0 Å². The first-order valence-corrected chi connectivity index (χ1v) is 8.24. The number of nitrogens with zero attached hydrogens (tertiary/aromatic N) is 2. The monoisotopic (exact) mass is 331 g/mol. The number of aromatic nitrogens is 2. The highest BCUT2D eigenvalue weighted by atomic mass is 32.1. The fourth-order valence-corrected chi connectivity index (χ4v) is 3.26. The number of hydrogen-bond acceptors (Lipinski definition) is 3. The number of imidazole rings is 1. The molecule has 3 nitrogen and oxygen atoms in total. The molecule has 0 spiro atoms. The van der Waals surface area contributed by atoms with E-state index < -0.39 is 0 Å². The quantitative estimate of drug-likeness (QED) is 0.441. The van der Waals surface area contributed by atoms with Crippen LogP contribution in [0.2, 0.25) is 0 Å². The smallest absolute Gasteiger partial charge is 0.150 e. The van der Waals surface area contributed by atoms with E-state index >= 15 is 0 Å². The molecule has 0 saturated carbocycles. The van der Waals surface area contributed by atoms with Gasteiger partial charge in [-0.15, -0.1) is 0 Å². The zero-order chi connectivity index (χ0) is 16.7. The largest absolute Gasteiger partial charge is 0.377 e. The number of benzene rings is 3. The summed E-state index contributed by atoms with van der Waals surface area (Å²) in [6.07, 6.45) is 0. The summed E-state index contributed by atoms with van der Waals surface area (Å²) < 4.78 is 0. The number of para-hydroxylation sites is 1. The highest BCUT2D eigenvalue weighted by Crippen LogP contribution is 2.25. The molecule has 0 saturated heterocycles. The molecule has 0 unspecified atom stereocenters. The number of hydrogen-bond donors (Lipinski definition) is 1. The maximum atomic E-state index is 5.72. The van der Waals surface area contributed by atoms with Crippen LogP contribution in [0.5, 0.6) is 0 Å². The van der Waals surface area contributed by atoms with Gasteiger partial charge in [-0.3, -0.25) is 0 Å². The Kier molecular flexibility index (Phi) is 3.54. The predicted molar refractivity (Wildman–Crippen MR) is 105 cm³/mol. The number of anilines is 1. The molecule has 0 atom stereocenters. The van der Waals surface area contributed by atoms with E-state index in [9.17, 15) is 0 Å². The standard InChI is InChI=1S/C20H17N3S/c1-23(2)18-10-6-5-9-15(18)19(24)20-21-16-11-13-7-3-4-8-14(13)12-17(16)22-20/h3-12H,1-2H3,(H,21,22). The lowest BCUT2D eigenvalue weighted by atomic mass is 10.1. The van der Waals surface area contributed by atoms with Crippen LogP contribution in [-0.2, 0) is 0 Å². The molecule has 0 amide bonds. The predicted octanol–water partition coefficient (Wildman–Crippen LogP) is 4.55. The highest BCUT2D eigenvalue weighted by Gasteiger charge is 2.14. The van der Waals surface area contributed by atoms with Gasteiger partial charge < -0.3 is 9.88 Å². The summed E-state index contributed by atoms with van der Waals surface area (Å²) >= 11 is 5.72. The molecule has 0 bridgehead atoms. The first-order chi connectivity index (χ1) is 11.6. The van der Waals surface area contributed by atoms with E-state index in [0.717, 1.165) is 33.0 Å². The molecule has 3 aromatic carbocycles. The van der Waals surface area contributed by atoms with Crippen LogP contribution in [0.25, 0.3) is 21.8 Å². The molecule has 0 fully saturated rings. The van der Waals surface area contributed by atoms with Crippen LogP contribution in [0.3, 0.4) is 0 Å². The lowest BCUT2D eigenvalue weighted by Gasteiger charge is -2.17. The van der Waals surface area contributed by atoms with E-state index in [1.54, 1.807) is 0 Å². The van der Waals surface area contributed by atoms with Crippen molar-refractivity contribution in [3.8, 4) is 0 Å². The van der Waals surface area contributed by atoms with Crippen LogP contribution in [-0.4, -0.2) is 28.9 Å². The van der Waals surface area contributed by atoms with Gasteiger partial charge in [0.1, 0.15) is 5.82 Å². The molecule has 1 heterocycles. The Labute approximate surface area is 145 Å². The molecular weight excluding hydrogens is 314 g/mol. The molecule has 0 radical (unpaired) electrons. The average molecular weight is 331 g/mol. The van der Waals surface area contributed by atoms with Crippen molar-refractivity contribution in [1.82, 2.24) is 9.97 Å². The minimum Gasteiger partial charge on any atom is -0.377 e. The van der Waals surface area contributed by atoms with Gasteiger partial charge in [-0.1, -0.05) is 54.7 Å². The third-order valence-electron chi connectivity index (χ3n) is 4.19. The van der Waals surface area contributed by atoms with Gasteiger partial charge in [-0.05, 0) is 29.0 Å². The first kappa shape index (κ1) is 14.8. The number of nitrogens with one attached hydrogen (secondary N) is 1. The molecule has 0 aliphatic carbocycles. The summed E-state index contributed by atoms with van der Waals surface area (Å²) in [4.78, 5) is 10.9. The molecule has 4 rings (SSSR count). The van der Waals surface area contributed by atoms with Gasteiger partial charge in [0.15, 0.2) is 0 Å². The fraction of sp³-hybridized carbons (Fsp3) is 0.100. The summed E-state index contributed by atoms with van der Waals surface area (Å²) in [5, 5.41) is 2.38. The van der Waals surface area contributed by atoms with Gasteiger partial charge in [0.25, 0.3) is 0 Å². The number of aromatic amines is 1. The third-order valence-corrected chi connectivity index (χ3v) is 4.61. The Balaban J connectivity index is 1.84. The Morgan fingerprint density at radius 1 is 0.958 bits per heavy atom. The Morgan fingerprint density at radius 3 is 2.38 bits per heavy atom. The van der Waals surface area contributed by atoms with Crippen molar-refractivity contribution in [1.29, 1.82) is 0 Å². The van der Waals surface area contributed by atoms with Crippen LogP contribution in [0.15, 0.2) is 60.7 Å². The van der Waals surface area contributed by atoms with Crippen LogP contribution >= 0.6 is 12.2 Å². The second kappa shape index (κ2) is 5.73. The normalized spacial score (nSPS) is 11.1. The number of thiocarbonyl (C=S) groups is 1. The summed E-state index contributed by atoms with van der Waals surface area (Å²) in [5.74, 6) is 0.740. The van der Waals surface area contributed by atoms with E-state index in [1.165, 1.54) is 10.8 Å². The van der Waals surface area contributed by atoms with Crippen molar-refractivity contribution in [3.05, 3.63) is 72.1 Å². The van der Waals surface area contributed by atoms with Gasteiger partial charge in [-0.2, -0.15) is 0 Å². The summed E-state index contributed by atoms with van der Waals surface area (Å²) in [6.45, 7) is 0. The average Bonchev–Trinajstić information content (AvgIpc) is 3.01. The summed E-state index contributed by atoms with van der Waals surface area (Å²) in [5.41, 5.74) is 4.05. The Bertz CT molecular complexity index is 1010. The lowest BCUT2D eigenvalue weighted by Crippen LogP contribution is -2.14. The molecular formula is C20H17N3S. The summed E-state index contributed by atoms with van der Waals surface area (Å²) in [7, 11) is 4.04. The van der Waals surface area contributed by atoms with Gasteiger partial charge in [0.2, 0.25) is 0 Å². The zero-order valence-corrected chi connectivity index (χ0v) is 14.4. The highest BCUT2D eigenvalue weighted by molar-refractivity contribution is 7.81. The van der Waals surface area contributed by atoms with Crippen molar-refractivity contribution >= 4 is 44.6 Å². The minimum absolute atomic E-state index is 0.736. The van der Waals surface area contributed by atoms with Crippen LogP contribution in [0.4, 0.5) is 5.69 Å². The molecule has 4 heteroatoms. The second-order valence-corrected chi connectivity index (χ2v) is 6.45. The maximum absolute atomic E-state index is 5.72. The molecule has 24 heavy (non-hydrogen) atoms. The van der Waals surface area contributed by atoms with Crippen molar-refractivity contribution in [2.24, 2.45) is 0 Å². The Morgan fingerprint density at radius 2 is 1.62 bits per heavy atom. The van der Waals surface area contributed by atoms with Crippen molar-refractivity contribution in [2.45, 2.75) is 0 Å². The SMILES string of the molecule is CN(C)c1ccccc1C(=S)c1nc2cc3ccccc3cc2[nH]1. The fourth-order valence-electron chi connectivity index (χ4n) is 2.99. The molecule has 1 N–H and O–H groups in total. The van der Waals surface area contributed by atoms with E-state index in [-0.39, 0.29) is 0 Å². The van der Waals surface area contributed by atoms with E-state index in [1.807, 2.05) is 44.4 Å². The third kappa shape index (κ3) is 2.45. The Hall–Kier alpha value is -2.72. The van der Waals surface area contributed by atoms with Gasteiger partial charge in [0, 0.05) is 25.3 Å². The van der Waals surface area contributed by atoms with E-state index in [4.69, 9.17) is 17.2 Å². The first-order valence-electron chi connectivity index (χ1n) is 7.83. The van der Waals surface area contributed by atoms with E-state index in [2.05, 4.69) is 40.2 Å².